The molecule has 0 radical (unpaired) electrons. The number of anilines is 2. The zero-order valence-electron chi connectivity index (χ0n) is 8.42. The number of nitrogens with two attached hydrogens (primary N) is 2. The Hall–Kier alpha value is -1.42. The Morgan fingerprint density at radius 1 is 1.47 bits per heavy atom. The van der Waals surface area contributed by atoms with Crippen molar-refractivity contribution >= 4 is 28.9 Å². The molecule has 0 aliphatic rings. The van der Waals surface area contributed by atoms with Crippen molar-refractivity contribution in [2.24, 2.45) is 0 Å². The summed E-state index contributed by atoms with van der Waals surface area (Å²) in [4.78, 5) is 11.2. The summed E-state index contributed by atoms with van der Waals surface area (Å²) in [6.07, 6.45) is 0.108. The van der Waals surface area contributed by atoms with Gasteiger partial charge in [-0.3, -0.25) is 4.79 Å². The van der Waals surface area contributed by atoms with Crippen LogP contribution in [0.3, 0.4) is 0 Å². The Morgan fingerprint density at radius 3 is 2.73 bits per heavy atom. The van der Waals surface area contributed by atoms with E-state index in [4.69, 9.17) is 27.8 Å². The van der Waals surface area contributed by atoms with Gasteiger partial charge in [-0.25, -0.2) is 0 Å². The van der Waals surface area contributed by atoms with Crippen molar-refractivity contribution in [3.05, 3.63) is 22.7 Å². The van der Waals surface area contributed by atoms with E-state index in [1.807, 2.05) is 0 Å². The maximum atomic E-state index is 11.2. The summed E-state index contributed by atoms with van der Waals surface area (Å²) >= 11 is 5.93. The molecular weight excluding hydrogens is 216 g/mol. The van der Waals surface area contributed by atoms with Gasteiger partial charge in [-0.1, -0.05) is 17.7 Å². The van der Waals surface area contributed by atoms with Crippen LogP contribution >= 0.6 is 11.6 Å². The summed E-state index contributed by atoms with van der Waals surface area (Å²) in [5, 5.41) is 0.322. The normalized spacial score (nSPS) is 10.0. The molecule has 0 atom stereocenters. The Morgan fingerprint density at radius 2 is 2.13 bits per heavy atom. The van der Waals surface area contributed by atoms with Crippen molar-refractivity contribution in [2.45, 2.75) is 13.3 Å². The van der Waals surface area contributed by atoms with Crippen LogP contribution in [0.1, 0.15) is 12.5 Å². The molecule has 15 heavy (non-hydrogen) atoms. The van der Waals surface area contributed by atoms with E-state index in [2.05, 4.69) is 0 Å². The first-order valence-electron chi connectivity index (χ1n) is 4.54. The Labute approximate surface area is 93.1 Å². The number of halogens is 1. The lowest BCUT2D eigenvalue weighted by molar-refractivity contribution is -0.142. The number of carbonyl (C=O) groups is 1. The van der Waals surface area contributed by atoms with E-state index in [9.17, 15) is 4.79 Å². The average molecular weight is 229 g/mol. The molecule has 4 N–H and O–H groups in total. The fourth-order valence-corrected chi connectivity index (χ4v) is 1.40. The molecule has 82 valence electrons. The molecule has 0 aromatic heterocycles. The second kappa shape index (κ2) is 4.89. The fourth-order valence-electron chi connectivity index (χ4n) is 1.16. The summed E-state index contributed by atoms with van der Waals surface area (Å²) in [5.41, 5.74) is 12.5. The Balaban J connectivity index is 2.87. The van der Waals surface area contributed by atoms with E-state index in [0.29, 0.717) is 28.6 Å². The maximum Gasteiger partial charge on any atom is 0.310 e. The highest BCUT2D eigenvalue weighted by molar-refractivity contribution is 6.34. The van der Waals surface area contributed by atoms with Gasteiger partial charge in [0.05, 0.1) is 29.4 Å². The molecule has 0 fully saturated rings. The first-order valence-corrected chi connectivity index (χ1v) is 4.92. The largest absolute Gasteiger partial charge is 0.466 e. The molecule has 0 spiro atoms. The topological polar surface area (TPSA) is 78.3 Å². The van der Waals surface area contributed by atoms with Gasteiger partial charge >= 0.3 is 5.97 Å². The molecule has 0 aliphatic heterocycles. The van der Waals surface area contributed by atoms with E-state index in [0.717, 1.165) is 0 Å². The molecule has 0 unspecified atom stereocenters. The van der Waals surface area contributed by atoms with Crippen LogP contribution in [0.4, 0.5) is 11.4 Å². The van der Waals surface area contributed by atoms with Gasteiger partial charge in [-0.05, 0) is 18.6 Å². The van der Waals surface area contributed by atoms with Crippen LogP contribution in [0.15, 0.2) is 12.1 Å². The molecule has 4 nitrogen and oxygen atoms in total. The van der Waals surface area contributed by atoms with E-state index in [1.165, 1.54) is 0 Å². The first kappa shape index (κ1) is 11.7. The smallest absolute Gasteiger partial charge is 0.310 e. The van der Waals surface area contributed by atoms with Gasteiger partial charge in [0.25, 0.3) is 0 Å². The van der Waals surface area contributed by atoms with Gasteiger partial charge in [-0.15, -0.1) is 0 Å². The van der Waals surface area contributed by atoms with Gasteiger partial charge in [0, 0.05) is 0 Å². The van der Waals surface area contributed by atoms with E-state index in [-0.39, 0.29) is 12.4 Å². The molecular formula is C10H13ClN2O2. The predicted molar refractivity (Wildman–Crippen MR) is 60.6 cm³/mol. The maximum absolute atomic E-state index is 11.2. The highest BCUT2D eigenvalue weighted by Gasteiger charge is 2.11. The lowest BCUT2D eigenvalue weighted by atomic mass is 10.1. The minimum Gasteiger partial charge on any atom is -0.466 e. The van der Waals surface area contributed by atoms with Crippen LogP contribution in [-0.2, 0) is 16.0 Å². The third-order valence-corrected chi connectivity index (χ3v) is 2.38. The molecule has 0 amide bonds. The van der Waals surface area contributed by atoms with Crippen LogP contribution < -0.4 is 11.5 Å². The number of nitrogen functional groups attached to an aromatic ring is 2. The highest BCUT2D eigenvalue weighted by Crippen LogP contribution is 2.29. The summed E-state index contributed by atoms with van der Waals surface area (Å²) < 4.78 is 4.80. The van der Waals surface area contributed by atoms with Crippen LogP contribution in [0.25, 0.3) is 0 Å². The van der Waals surface area contributed by atoms with Gasteiger partial charge in [0.1, 0.15) is 0 Å². The second-order valence-electron chi connectivity index (χ2n) is 3.02. The molecule has 0 saturated heterocycles. The standard InChI is InChI=1S/C10H13ClN2O2/c1-2-15-8(14)5-6-3-4-7(12)10(13)9(6)11/h3-4H,2,5,12-13H2,1H3. The lowest BCUT2D eigenvalue weighted by Crippen LogP contribution is -2.09. The number of hydrogen-bond acceptors (Lipinski definition) is 4. The van der Waals surface area contributed by atoms with Crippen LogP contribution in [0.2, 0.25) is 5.02 Å². The van der Waals surface area contributed by atoms with Crippen molar-refractivity contribution in [3.63, 3.8) is 0 Å². The molecule has 0 saturated carbocycles. The second-order valence-corrected chi connectivity index (χ2v) is 3.40. The molecule has 1 rings (SSSR count). The minimum atomic E-state index is -0.330. The van der Waals surface area contributed by atoms with Gasteiger partial charge in [0.15, 0.2) is 0 Å². The highest BCUT2D eigenvalue weighted by atomic mass is 35.5. The molecule has 0 bridgehead atoms. The summed E-state index contributed by atoms with van der Waals surface area (Å²) in [6, 6.07) is 3.29. The van der Waals surface area contributed by atoms with Gasteiger partial charge in [0.2, 0.25) is 0 Å². The molecule has 0 aliphatic carbocycles. The number of benzene rings is 1. The molecule has 1 aromatic carbocycles. The summed E-state index contributed by atoms with van der Waals surface area (Å²) in [5.74, 6) is -0.330. The third-order valence-electron chi connectivity index (χ3n) is 1.93. The summed E-state index contributed by atoms with van der Waals surface area (Å²) in [7, 11) is 0. The Kier molecular flexibility index (Phi) is 3.80. The lowest BCUT2D eigenvalue weighted by Gasteiger charge is -2.08. The SMILES string of the molecule is CCOC(=O)Cc1ccc(N)c(N)c1Cl. The number of ether oxygens (including phenoxy) is 1. The predicted octanol–water partition coefficient (Wildman–Crippen LogP) is 1.61. The number of hydrogen-bond donors (Lipinski definition) is 2. The van der Waals surface area contributed by atoms with Crippen molar-refractivity contribution in [3.8, 4) is 0 Å². The summed E-state index contributed by atoms with van der Waals surface area (Å²) in [6.45, 7) is 2.09. The van der Waals surface area contributed by atoms with Crippen LogP contribution in [0, 0.1) is 0 Å². The zero-order chi connectivity index (χ0) is 11.4. The van der Waals surface area contributed by atoms with Crippen molar-refractivity contribution in [1.82, 2.24) is 0 Å². The quantitative estimate of drug-likeness (QED) is 0.609. The van der Waals surface area contributed by atoms with E-state index in [1.54, 1.807) is 19.1 Å². The van der Waals surface area contributed by atoms with Gasteiger partial charge < -0.3 is 16.2 Å². The number of carbonyl (C=O) groups excluding carboxylic acids is 1. The molecule has 1 aromatic rings. The van der Waals surface area contributed by atoms with Crippen molar-refractivity contribution < 1.29 is 9.53 Å². The number of rotatable bonds is 3. The fraction of sp³-hybridized carbons (Fsp3) is 0.300. The van der Waals surface area contributed by atoms with E-state index >= 15 is 0 Å². The Bertz CT molecular complexity index is 380. The minimum absolute atomic E-state index is 0.108. The number of esters is 1. The first-order chi connectivity index (χ1) is 7.06. The van der Waals surface area contributed by atoms with Crippen LogP contribution in [0.5, 0.6) is 0 Å². The van der Waals surface area contributed by atoms with Crippen molar-refractivity contribution in [1.29, 1.82) is 0 Å². The van der Waals surface area contributed by atoms with Crippen LogP contribution in [-0.4, -0.2) is 12.6 Å². The van der Waals surface area contributed by atoms with Crippen molar-refractivity contribution in [2.75, 3.05) is 18.1 Å². The molecule has 5 heteroatoms. The third kappa shape index (κ3) is 2.76. The monoisotopic (exact) mass is 228 g/mol. The van der Waals surface area contributed by atoms with Gasteiger partial charge in [-0.2, -0.15) is 0 Å². The average Bonchev–Trinajstić information content (AvgIpc) is 2.20. The molecule has 0 heterocycles. The van der Waals surface area contributed by atoms with E-state index < -0.39 is 0 Å². The zero-order valence-corrected chi connectivity index (χ0v) is 9.17.